The normalized spacial score (nSPS) is 17.4. The first-order valence-corrected chi connectivity index (χ1v) is 5.85. The zero-order valence-corrected chi connectivity index (χ0v) is 9.81. The van der Waals surface area contributed by atoms with Gasteiger partial charge < -0.3 is 10.1 Å². The Kier molecular flexibility index (Phi) is 2.48. The van der Waals surface area contributed by atoms with Crippen LogP contribution in [0.5, 0.6) is 5.75 Å². The van der Waals surface area contributed by atoms with Gasteiger partial charge in [-0.2, -0.15) is 0 Å². The van der Waals surface area contributed by atoms with Crippen LogP contribution in [0.3, 0.4) is 0 Å². The van der Waals surface area contributed by atoms with E-state index >= 15 is 0 Å². The summed E-state index contributed by atoms with van der Waals surface area (Å²) < 4.78 is 5.24. The molecule has 3 rings (SSSR count). The molecule has 17 heavy (non-hydrogen) atoms. The van der Waals surface area contributed by atoms with E-state index in [1.165, 1.54) is 16.8 Å². The van der Waals surface area contributed by atoms with Gasteiger partial charge in [-0.3, -0.25) is 0 Å². The van der Waals surface area contributed by atoms with Crippen LogP contribution >= 0.6 is 0 Å². The molecule has 1 atom stereocenters. The minimum atomic E-state index is 0.387. The third-order valence-electron chi connectivity index (χ3n) is 3.27. The largest absolute Gasteiger partial charge is 0.497 e. The molecule has 0 fully saturated rings. The quantitative estimate of drug-likeness (QED) is 0.845. The number of hydrogen-bond donors (Lipinski definition) is 1. The van der Waals surface area contributed by atoms with E-state index in [1.807, 2.05) is 6.07 Å². The van der Waals surface area contributed by atoms with Crippen molar-refractivity contribution in [2.75, 3.05) is 12.4 Å². The Labute approximate surface area is 101 Å². The van der Waals surface area contributed by atoms with Gasteiger partial charge in [-0.25, -0.2) is 0 Å². The maximum Gasteiger partial charge on any atom is 0.120 e. The first-order valence-electron chi connectivity index (χ1n) is 5.85. The van der Waals surface area contributed by atoms with Crippen molar-refractivity contribution in [2.24, 2.45) is 0 Å². The molecule has 1 unspecified atom stereocenters. The van der Waals surface area contributed by atoms with E-state index in [0.717, 1.165) is 12.2 Å². The summed E-state index contributed by atoms with van der Waals surface area (Å²) in [7, 11) is 1.70. The molecular weight excluding hydrogens is 210 g/mol. The average Bonchev–Trinajstić information content (AvgIpc) is 2.82. The Balaban J connectivity index is 1.88. The number of methoxy groups -OCH3 is 1. The van der Waals surface area contributed by atoms with Gasteiger partial charge in [-0.05, 0) is 23.6 Å². The van der Waals surface area contributed by atoms with Gasteiger partial charge in [-0.1, -0.05) is 36.4 Å². The predicted octanol–water partition coefficient (Wildman–Crippen LogP) is 3.40. The monoisotopic (exact) mass is 225 g/mol. The molecule has 0 saturated heterocycles. The molecule has 0 radical (unpaired) electrons. The highest BCUT2D eigenvalue weighted by Crippen LogP contribution is 2.36. The smallest absolute Gasteiger partial charge is 0.120 e. The van der Waals surface area contributed by atoms with Crippen molar-refractivity contribution in [1.82, 2.24) is 0 Å². The van der Waals surface area contributed by atoms with Crippen LogP contribution < -0.4 is 10.1 Å². The average molecular weight is 225 g/mol. The highest BCUT2D eigenvalue weighted by molar-refractivity contribution is 5.61. The minimum Gasteiger partial charge on any atom is -0.497 e. The van der Waals surface area contributed by atoms with Crippen LogP contribution in [-0.4, -0.2) is 7.11 Å². The molecule has 86 valence electrons. The zero-order valence-electron chi connectivity index (χ0n) is 9.81. The summed E-state index contributed by atoms with van der Waals surface area (Å²) in [5.41, 5.74) is 3.89. The van der Waals surface area contributed by atoms with Crippen LogP contribution in [0.1, 0.15) is 17.2 Å². The van der Waals surface area contributed by atoms with Crippen molar-refractivity contribution in [3.8, 4) is 5.75 Å². The lowest BCUT2D eigenvalue weighted by molar-refractivity contribution is 0.415. The maximum atomic E-state index is 5.24. The summed E-state index contributed by atoms with van der Waals surface area (Å²) in [5.74, 6) is 0.907. The molecule has 1 aliphatic rings. The molecule has 0 amide bonds. The maximum absolute atomic E-state index is 5.24. The summed E-state index contributed by atoms with van der Waals surface area (Å²) in [6.07, 6.45) is 1.04. The lowest BCUT2D eigenvalue weighted by Crippen LogP contribution is -2.04. The fourth-order valence-electron chi connectivity index (χ4n) is 2.34. The van der Waals surface area contributed by atoms with E-state index < -0.39 is 0 Å². The standard InChI is InChI=1S/C15H15NO/c1-17-13-8-7-12-9-14(16-15(12)10-13)11-5-3-2-4-6-11/h2-8,10,14,16H,9H2,1H3. The van der Waals surface area contributed by atoms with Crippen molar-refractivity contribution in [3.05, 3.63) is 59.7 Å². The topological polar surface area (TPSA) is 21.3 Å². The second-order valence-electron chi connectivity index (χ2n) is 4.33. The highest BCUT2D eigenvalue weighted by Gasteiger charge is 2.21. The third-order valence-corrected chi connectivity index (χ3v) is 3.27. The molecule has 0 bridgehead atoms. The van der Waals surface area contributed by atoms with E-state index in [1.54, 1.807) is 7.11 Å². The van der Waals surface area contributed by atoms with Crippen molar-refractivity contribution in [2.45, 2.75) is 12.5 Å². The van der Waals surface area contributed by atoms with Gasteiger partial charge >= 0.3 is 0 Å². The minimum absolute atomic E-state index is 0.387. The Morgan fingerprint density at radius 2 is 1.94 bits per heavy atom. The number of anilines is 1. The van der Waals surface area contributed by atoms with Crippen LogP contribution in [0.25, 0.3) is 0 Å². The Morgan fingerprint density at radius 3 is 2.71 bits per heavy atom. The van der Waals surface area contributed by atoms with Crippen LogP contribution in [0.4, 0.5) is 5.69 Å². The fraction of sp³-hybridized carbons (Fsp3) is 0.200. The molecule has 1 aliphatic heterocycles. The first-order chi connectivity index (χ1) is 8.36. The van der Waals surface area contributed by atoms with Crippen molar-refractivity contribution < 1.29 is 4.74 Å². The first kappa shape index (κ1) is 10.2. The molecule has 0 aromatic heterocycles. The molecule has 2 heteroatoms. The number of benzene rings is 2. The van der Waals surface area contributed by atoms with Gasteiger partial charge in [0, 0.05) is 11.8 Å². The summed E-state index contributed by atoms with van der Waals surface area (Å²) in [5, 5.41) is 3.55. The summed E-state index contributed by atoms with van der Waals surface area (Å²) >= 11 is 0. The van der Waals surface area contributed by atoms with E-state index in [9.17, 15) is 0 Å². The molecule has 0 saturated carbocycles. The van der Waals surface area contributed by atoms with E-state index in [-0.39, 0.29) is 0 Å². The van der Waals surface area contributed by atoms with Gasteiger partial charge in [0.1, 0.15) is 5.75 Å². The summed E-state index contributed by atoms with van der Waals surface area (Å²) in [6.45, 7) is 0. The Hall–Kier alpha value is -1.96. The van der Waals surface area contributed by atoms with Gasteiger partial charge in [0.25, 0.3) is 0 Å². The molecule has 0 spiro atoms. The molecule has 1 N–H and O–H groups in total. The Bertz CT molecular complexity index is 522. The van der Waals surface area contributed by atoms with Gasteiger partial charge in [0.15, 0.2) is 0 Å². The second kappa shape index (κ2) is 4.13. The van der Waals surface area contributed by atoms with E-state index in [2.05, 4.69) is 47.8 Å². The summed E-state index contributed by atoms with van der Waals surface area (Å²) in [6, 6.07) is 17.2. The van der Waals surface area contributed by atoms with Gasteiger partial charge in [0.2, 0.25) is 0 Å². The highest BCUT2D eigenvalue weighted by atomic mass is 16.5. The second-order valence-corrected chi connectivity index (χ2v) is 4.33. The fourth-order valence-corrected chi connectivity index (χ4v) is 2.34. The van der Waals surface area contributed by atoms with Crippen LogP contribution in [0.15, 0.2) is 48.5 Å². The SMILES string of the molecule is COc1ccc2c(c1)NC(c1ccccc1)C2. The third kappa shape index (κ3) is 1.86. The molecule has 0 aliphatic carbocycles. The van der Waals surface area contributed by atoms with E-state index in [4.69, 9.17) is 4.74 Å². The molecule has 2 nitrogen and oxygen atoms in total. The van der Waals surface area contributed by atoms with Crippen molar-refractivity contribution in [3.63, 3.8) is 0 Å². The van der Waals surface area contributed by atoms with Gasteiger partial charge in [0.05, 0.1) is 13.2 Å². The van der Waals surface area contributed by atoms with Gasteiger partial charge in [-0.15, -0.1) is 0 Å². The van der Waals surface area contributed by atoms with Crippen molar-refractivity contribution >= 4 is 5.69 Å². The molecular formula is C15H15NO. The predicted molar refractivity (Wildman–Crippen MR) is 69.5 cm³/mol. The van der Waals surface area contributed by atoms with Crippen LogP contribution in [-0.2, 0) is 6.42 Å². The lowest BCUT2D eigenvalue weighted by atomic mass is 10.0. The number of rotatable bonds is 2. The summed E-state index contributed by atoms with van der Waals surface area (Å²) in [4.78, 5) is 0. The van der Waals surface area contributed by atoms with Crippen molar-refractivity contribution in [1.29, 1.82) is 0 Å². The van der Waals surface area contributed by atoms with Crippen LogP contribution in [0, 0.1) is 0 Å². The molecule has 2 aromatic carbocycles. The number of ether oxygens (including phenoxy) is 1. The number of fused-ring (bicyclic) bond motifs is 1. The molecule has 2 aromatic rings. The Morgan fingerprint density at radius 1 is 1.12 bits per heavy atom. The zero-order chi connectivity index (χ0) is 11.7. The van der Waals surface area contributed by atoms with Crippen LogP contribution in [0.2, 0.25) is 0 Å². The molecule has 1 heterocycles. The number of hydrogen-bond acceptors (Lipinski definition) is 2. The number of nitrogens with one attached hydrogen (secondary N) is 1. The lowest BCUT2D eigenvalue weighted by Gasteiger charge is -2.11. The van der Waals surface area contributed by atoms with E-state index in [0.29, 0.717) is 6.04 Å².